The van der Waals surface area contributed by atoms with Gasteiger partial charge < -0.3 is 16.8 Å². The second kappa shape index (κ2) is 9.06. The van der Waals surface area contributed by atoms with Crippen molar-refractivity contribution in [1.29, 1.82) is 0 Å². The lowest BCUT2D eigenvalue weighted by Crippen LogP contribution is -2.23. The van der Waals surface area contributed by atoms with Gasteiger partial charge in [0, 0.05) is 19.3 Å². The van der Waals surface area contributed by atoms with Crippen LogP contribution in [-0.4, -0.2) is 29.0 Å². The van der Waals surface area contributed by atoms with Gasteiger partial charge in [0.05, 0.1) is 5.56 Å². The first kappa shape index (κ1) is 18.0. The van der Waals surface area contributed by atoms with Gasteiger partial charge in [0.15, 0.2) is 11.1 Å². The molecule has 0 saturated heterocycles. The maximum atomic E-state index is 12.0. The van der Waals surface area contributed by atoms with Crippen molar-refractivity contribution in [3.63, 3.8) is 0 Å². The molecule has 128 valence electrons. The van der Waals surface area contributed by atoms with Crippen molar-refractivity contribution < 1.29 is 0 Å². The van der Waals surface area contributed by atoms with E-state index in [1.54, 1.807) is 0 Å². The molecular weight excluding hydrogens is 326 g/mol. The van der Waals surface area contributed by atoms with Crippen LogP contribution < -0.4 is 27.5 Å². The molecular formula is C15H21N7OS. The summed E-state index contributed by atoms with van der Waals surface area (Å²) in [6.07, 6.45) is 2.40. The molecule has 0 amide bonds. The number of aromatic amines is 1. The zero-order chi connectivity index (χ0) is 17.4. The van der Waals surface area contributed by atoms with Crippen molar-refractivity contribution in [3.8, 4) is 11.1 Å². The lowest BCUT2D eigenvalue weighted by molar-refractivity contribution is 0.655. The summed E-state index contributed by atoms with van der Waals surface area (Å²) in [5.41, 5.74) is 12.8. The second-order valence-corrected chi connectivity index (χ2v) is 5.71. The third kappa shape index (κ3) is 5.37. The van der Waals surface area contributed by atoms with Crippen LogP contribution >= 0.6 is 11.9 Å². The normalized spacial score (nSPS) is 10.5. The van der Waals surface area contributed by atoms with Gasteiger partial charge in [-0.3, -0.25) is 19.9 Å². The molecule has 0 aliphatic carbocycles. The van der Waals surface area contributed by atoms with Crippen molar-refractivity contribution in [2.75, 3.05) is 13.1 Å². The molecule has 1 heterocycles. The summed E-state index contributed by atoms with van der Waals surface area (Å²) in [4.78, 5) is 22.6. The van der Waals surface area contributed by atoms with E-state index in [4.69, 9.17) is 16.6 Å². The van der Waals surface area contributed by atoms with Gasteiger partial charge in [-0.25, -0.2) is 4.98 Å². The predicted molar refractivity (Wildman–Crippen MR) is 97.3 cm³/mol. The summed E-state index contributed by atoms with van der Waals surface area (Å²) in [5, 5.41) is 9.08. The number of hydrogen-bond donors (Lipinski definition) is 5. The maximum Gasteiger partial charge on any atom is 0.259 e. The zero-order valence-corrected chi connectivity index (χ0v) is 14.0. The standard InChI is InChI=1S/C15H21N7OS/c16-14(17)20-7-1-6-19-8-10-2-4-11(5-3-10)12-9-21-15(24-18)22-13(12)23/h2-5,9,19H,1,6-8,18H2,(H4,16,17,20)(H,21,22,23). The number of aliphatic imine (C=N–C) groups is 1. The minimum atomic E-state index is -0.205. The summed E-state index contributed by atoms with van der Waals surface area (Å²) in [6.45, 7) is 2.17. The Kier molecular flexibility index (Phi) is 6.79. The zero-order valence-electron chi connectivity index (χ0n) is 13.2. The molecule has 8 N–H and O–H groups in total. The van der Waals surface area contributed by atoms with E-state index in [0.29, 0.717) is 17.3 Å². The molecule has 0 radical (unpaired) electrons. The van der Waals surface area contributed by atoms with Crippen LogP contribution in [-0.2, 0) is 6.54 Å². The highest BCUT2D eigenvalue weighted by molar-refractivity contribution is 7.96. The van der Waals surface area contributed by atoms with E-state index in [9.17, 15) is 4.79 Å². The van der Waals surface area contributed by atoms with E-state index in [-0.39, 0.29) is 11.5 Å². The number of aromatic nitrogens is 2. The lowest BCUT2D eigenvalue weighted by Gasteiger charge is -2.06. The second-order valence-electron chi connectivity index (χ2n) is 5.08. The largest absolute Gasteiger partial charge is 0.370 e. The topological polar surface area (TPSA) is 148 Å². The molecule has 0 atom stereocenters. The van der Waals surface area contributed by atoms with Crippen molar-refractivity contribution in [3.05, 3.63) is 46.4 Å². The molecule has 0 spiro atoms. The Morgan fingerprint density at radius 1 is 1.29 bits per heavy atom. The fraction of sp³-hybridized carbons (Fsp3) is 0.267. The number of rotatable bonds is 8. The lowest BCUT2D eigenvalue weighted by atomic mass is 10.1. The number of nitrogens with zero attached hydrogens (tertiary/aromatic N) is 2. The number of guanidine groups is 1. The molecule has 0 unspecified atom stereocenters. The first-order valence-corrected chi connectivity index (χ1v) is 8.29. The quantitative estimate of drug-likeness (QED) is 0.150. The fourth-order valence-corrected chi connectivity index (χ4v) is 2.36. The Balaban J connectivity index is 1.89. The van der Waals surface area contributed by atoms with Gasteiger partial charge in [0.1, 0.15) is 0 Å². The first-order valence-electron chi connectivity index (χ1n) is 7.41. The SMILES string of the molecule is NSc1ncc(-c2ccc(CNCCCN=C(N)N)cc2)c(=O)[nH]1. The number of hydrogen-bond acceptors (Lipinski definition) is 6. The average molecular weight is 347 g/mol. The summed E-state index contributed by atoms with van der Waals surface area (Å²) in [7, 11) is 0. The molecule has 0 bridgehead atoms. The Bertz CT molecular complexity index is 738. The average Bonchev–Trinajstić information content (AvgIpc) is 2.58. The minimum Gasteiger partial charge on any atom is -0.370 e. The van der Waals surface area contributed by atoms with Gasteiger partial charge in [-0.05, 0) is 36.0 Å². The Morgan fingerprint density at radius 3 is 2.67 bits per heavy atom. The van der Waals surface area contributed by atoms with Crippen molar-refractivity contribution in [1.82, 2.24) is 15.3 Å². The van der Waals surface area contributed by atoms with Crippen molar-refractivity contribution in [2.45, 2.75) is 18.1 Å². The number of benzene rings is 1. The summed E-state index contributed by atoms with van der Waals surface area (Å²) < 4.78 is 0. The molecule has 1 aromatic carbocycles. The molecule has 24 heavy (non-hydrogen) atoms. The third-order valence-electron chi connectivity index (χ3n) is 3.29. The van der Waals surface area contributed by atoms with Gasteiger partial charge in [-0.2, -0.15) is 0 Å². The molecule has 0 saturated carbocycles. The van der Waals surface area contributed by atoms with Gasteiger partial charge in [-0.1, -0.05) is 24.3 Å². The fourth-order valence-electron chi connectivity index (χ4n) is 2.09. The Morgan fingerprint density at radius 2 is 2.04 bits per heavy atom. The first-order chi connectivity index (χ1) is 11.6. The summed E-state index contributed by atoms with van der Waals surface area (Å²) in [5.74, 6) is 0.119. The van der Waals surface area contributed by atoms with Crippen LogP contribution in [0.15, 0.2) is 45.4 Å². The monoisotopic (exact) mass is 347 g/mol. The van der Waals surface area contributed by atoms with Crippen LogP contribution in [0.5, 0.6) is 0 Å². The molecule has 0 fully saturated rings. The number of nitrogens with two attached hydrogens (primary N) is 3. The highest BCUT2D eigenvalue weighted by atomic mass is 32.2. The molecule has 0 aliphatic heterocycles. The third-order valence-corrected chi connectivity index (χ3v) is 3.72. The predicted octanol–water partition coefficient (Wildman–Crippen LogP) is 0.156. The van der Waals surface area contributed by atoms with E-state index in [0.717, 1.165) is 42.6 Å². The van der Waals surface area contributed by atoms with Crippen LogP contribution in [0.4, 0.5) is 0 Å². The van der Waals surface area contributed by atoms with Gasteiger partial charge >= 0.3 is 0 Å². The van der Waals surface area contributed by atoms with Gasteiger partial charge in [0.25, 0.3) is 5.56 Å². The van der Waals surface area contributed by atoms with Gasteiger partial charge in [-0.15, -0.1) is 0 Å². The van der Waals surface area contributed by atoms with E-state index in [1.165, 1.54) is 6.20 Å². The van der Waals surface area contributed by atoms with Crippen LogP contribution in [0.2, 0.25) is 0 Å². The molecule has 0 aliphatic rings. The van der Waals surface area contributed by atoms with Crippen LogP contribution in [0.3, 0.4) is 0 Å². The van der Waals surface area contributed by atoms with E-state index >= 15 is 0 Å². The van der Waals surface area contributed by atoms with E-state index in [1.807, 2.05) is 24.3 Å². The molecule has 8 nitrogen and oxygen atoms in total. The smallest absolute Gasteiger partial charge is 0.259 e. The number of nitrogens with one attached hydrogen (secondary N) is 2. The molecule has 2 aromatic rings. The summed E-state index contributed by atoms with van der Waals surface area (Å²) >= 11 is 0.909. The Hall–Kier alpha value is -2.36. The number of H-pyrrole nitrogens is 1. The highest BCUT2D eigenvalue weighted by Gasteiger charge is 2.05. The molecule has 2 rings (SSSR count). The van der Waals surface area contributed by atoms with Crippen LogP contribution in [0, 0.1) is 0 Å². The van der Waals surface area contributed by atoms with E-state index < -0.39 is 0 Å². The Labute approximate surface area is 144 Å². The summed E-state index contributed by atoms with van der Waals surface area (Å²) in [6, 6.07) is 7.75. The van der Waals surface area contributed by atoms with Crippen LogP contribution in [0.25, 0.3) is 11.1 Å². The van der Waals surface area contributed by atoms with Crippen molar-refractivity contribution >= 4 is 17.9 Å². The van der Waals surface area contributed by atoms with Gasteiger partial charge in [0.2, 0.25) is 0 Å². The minimum absolute atomic E-state index is 0.119. The molecule has 9 heteroatoms. The van der Waals surface area contributed by atoms with E-state index in [2.05, 4.69) is 20.3 Å². The highest BCUT2D eigenvalue weighted by Crippen LogP contribution is 2.16. The van der Waals surface area contributed by atoms with Crippen molar-refractivity contribution in [2.24, 2.45) is 21.6 Å². The molecule has 1 aromatic heterocycles. The van der Waals surface area contributed by atoms with Crippen LogP contribution in [0.1, 0.15) is 12.0 Å². The maximum absolute atomic E-state index is 12.0.